The first-order valence-corrected chi connectivity index (χ1v) is 13.1. The van der Waals surface area contributed by atoms with Gasteiger partial charge in [-0.15, -0.1) is 0 Å². The molecule has 0 bridgehead atoms. The molecule has 1 aliphatic heterocycles. The van der Waals surface area contributed by atoms with E-state index < -0.39 is 11.9 Å². The number of esters is 1. The van der Waals surface area contributed by atoms with Crippen molar-refractivity contribution in [1.82, 2.24) is 0 Å². The van der Waals surface area contributed by atoms with Gasteiger partial charge in [0.05, 0.1) is 18.1 Å². The second-order valence-corrected chi connectivity index (χ2v) is 9.34. The second kappa shape index (κ2) is 12.3. The van der Waals surface area contributed by atoms with Crippen LogP contribution in [-0.4, -0.2) is 12.6 Å². The van der Waals surface area contributed by atoms with E-state index in [1.165, 1.54) is 6.07 Å². The SMILES string of the molecule is CCCOc1cccc(C(=O)Oc2ccc3c(c2)OC(N)=C(C#N)C3c2cccc(OCc3ccccc3F)c2)c1. The number of nitriles is 1. The monoisotopic (exact) mass is 550 g/mol. The third-order valence-corrected chi connectivity index (χ3v) is 6.49. The third-order valence-electron chi connectivity index (χ3n) is 6.49. The topological polar surface area (TPSA) is 104 Å². The van der Waals surface area contributed by atoms with Crippen molar-refractivity contribution in [3.8, 4) is 29.1 Å². The van der Waals surface area contributed by atoms with Gasteiger partial charge in [0.25, 0.3) is 0 Å². The van der Waals surface area contributed by atoms with Gasteiger partial charge >= 0.3 is 5.97 Å². The molecule has 4 aromatic rings. The smallest absolute Gasteiger partial charge is 0.343 e. The van der Waals surface area contributed by atoms with Crippen LogP contribution in [0.1, 0.15) is 46.3 Å². The third kappa shape index (κ3) is 6.15. The number of allylic oxidation sites excluding steroid dienone is 1. The van der Waals surface area contributed by atoms with Gasteiger partial charge in [0, 0.05) is 17.2 Å². The molecule has 0 aliphatic carbocycles. The molecule has 0 radical (unpaired) electrons. The molecule has 1 unspecified atom stereocenters. The number of nitrogens with zero attached hydrogens (tertiary/aromatic N) is 1. The van der Waals surface area contributed by atoms with Crippen molar-refractivity contribution in [2.75, 3.05) is 6.61 Å². The number of nitrogens with two attached hydrogens (primary N) is 1. The first-order chi connectivity index (χ1) is 20.0. The molecule has 0 saturated heterocycles. The van der Waals surface area contributed by atoms with Gasteiger partial charge in [0.15, 0.2) is 0 Å². The van der Waals surface area contributed by atoms with Crippen LogP contribution < -0.4 is 24.7 Å². The lowest BCUT2D eigenvalue weighted by Crippen LogP contribution is -2.21. The van der Waals surface area contributed by atoms with E-state index in [0.29, 0.717) is 40.5 Å². The number of fused-ring (bicyclic) bond motifs is 1. The van der Waals surface area contributed by atoms with Crippen molar-refractivity contribution >= 4 is 5.97 Å². The lowest BCUT2D eigenvalue weighted by atomic mass is 9.83. The van der Waals surface area contributed by atoms with Crippen LogP contribution in [0.2, 0.25) is 0 Å². The van der Waals surface area contributed by atoms with Crippen LogP contribution in [-0.2, 0) is 6.61 Å². The van der Waals surface area contributed by atoms with E-state index >= 15 is 0 Å². The molecule has 5 rings (SSSR count). The molecular formula is C33H27FN2O5. The molecule has 4 aromatic carbocycles. The average molecular weight is 551 g/mol. The van der Waals surface area contributed by atoms with E-state index in [2.05, 4.69) is 6.07 Å². The molecule has 206 valence electrons. The summed E-state index contributed by atoms with van der Waals surface area (Å²) in [4.78, 5) is 12.8. The van der Waals surface area contributed by atoms with Crippen molar-refractivity contribution in [1.29, 1.82) is 5.26 Å². The number of benzene rings is 4. The summed E-state index contributed by atoms with van der Waals surface area (Å²) in [5, 5.41) is 9.93. The molecule has 0 fully saturated rings. The largest absolute Gasteiger partial charge is 0.494 e. The Balaban J connectivity index is 1.39. The first kappa shape index (κ1) is 27.3. The normalized spacial score (nSPS) is 13.9. The van der Waals surface area contributed by atoms with Gasteiger partial charge in [-0.1, -0.05) is 49.4 Å². The molecule has 41 heavy (non-hydrogen) atoms. The van der Waals surface area contributed by atoms with Crippen LogP contribution in [0.4, 0.5) is 4.39 Å². The van der Waals surface area contributed by atoms with Crippen LogP contribution in [0.5, 0.6) is 23.0 Å². The summed E-state index contributed by atoms with van der Waals surface area (Å²) in [5.41, 5.74) is 8.56. The molecule has 0 aromatic heterocycles. The molecule has 0 amide bonds. The van der Waals surface area contributed by atoms with Crippen LogP contribution >= 0.6 is 0 Å². The molecule has 1 atom stereocenters. The van der Waals surface area contributed by atoms with Gasteiger partial charge in [0.1, 0.15) is 47.1 Å². The predicted molar refractivity (Wildman–Crippen MR) is 150 cm³/mol. The fraction of sp³-hybridized carbons (Fsp3) is 0.152. The standard InChI is InChI=1S/C33H27FN2O5/c1-2-15-38-24-10-6-9-22(17-24)33(37)40-26-13-14-27-30(18-26)41-32(36)28(19-35)31(27)21-8-5-11-25(16-21)39-20-23-7-3-4-12-29(23)34/h3-14,16-18,31H,2,15,20,36H2,1H3. The highest BCUT2D eigenvalue weighted by Gasteiger charge is 2.31. The van der Waals surface area contributed by atoms with Crippen molar-refractivity contribution < 1.29 is 28.1 Å². The average Bonchev–Trinajstić information content (AvgIpc) is 2.99. The fourth-order valence-corrected chi connectivity index (χ4v) is 4.50. The number of rotatable bonds is 9. The maximum Gasteiger partial charge on any atom is 0.343 e. The Kier molecular flexibility index (Phi) is 8.16. The Labute approximate surface area is 237 Å². The number of hydrogen-bond acceptors (Lipinski definition) is 7. The Bertz CT molecular complexity index is 1660. The maximum absolute atomic E-state index is 14.1. The predicted octanol–water partition coefficient (Wildman–Crippen LogP) is 6.63. The summed E-state index contributed by atoms with van der Waals surface area (Å²) in [7, 11) is 0. The first-order valence-electron chi connectivity index (χ1n) is 13.1. The van der Waals surface area contributed by atoms with E-state index in [1.54, 1.807) is 78.9 Å². The van der Waals surface area contributed by atoms with Gasteiger partial charge < -0.3 is 24.7 Å². The Morgan fingerprint density at radius 3 is 2.51 bits per heavy atom. The molecule has 2 N–H and O–H groups in total. The summed E-state index contributed by atoms with van der Waals surface area (Å²) in [5.74, 6) is 0.186. The Morgan fingerprint density at radius 1 is 0.951 bits per heavy atom. The molecule has 1 heterocycles. The van der Waals surface area contributed by atoms with Crippen LogP contribution in [0.25, 0.3) is 0 Å². The summed E-state index contributed by atoms with van der Waals surface area (Å²) in [6.45, 7) is 2.59. The van der Waals surface area contributed by atoms with Gasteiger partial charge in [-0.2, -0.15) is 5.26 Å². The highest BCUT2D eigenvalue weighted by Crippen LogP contribution is 2.44. The van der Waals surface area contributed by atoms with Crippen molar-refractivity contribution in [2.24, 2.45) is 5.73 Å². The number of ether oxygens (including phenoxy) is 4. The van der Waals surface area contributed by atoms with Crippen LogP contribution in [0.15, 0.2) is 102 Å². The van der Waals surface area contributed by atoms with Gasteiger partial charge in [-0.3, -0.25) is 0 Å². The van der Waals surface area contributed by atoms with Gasteiger partial charge in [0.2, 0.25) is 5.88 Å². The number of carbonyl (C=O) groups is 1. The van der Waals surface area contributed by atoms with E-state index in [0.717, 1.165) is 12.0 Å². The van der Waals surface area contributed by atoms with Crippen molar-refractivity contribution in [3.05, 3.63) is 131 Å². The summed E-state index contributed by atoms with van der Waals surface area (Å²) < 4.78 is 36.9. The van der Waals surface area contributed by atoms with Gasteiger partial charge in [-0.05, 0) is 54.4 Å². The zero-order valence-electron chi connectivity index (χ0n) is 22.3. The number of carbonyl (C=O) groups excluding carboxylic acids is 1. The Hall–Kier alpha value is -5.29. The molecule has 8 heteroatoms. The van der Waals surface area contributed by atoms with E-state index in [9.17, 15) is 14.4 Å². The van der Waals surface area contributed by atoms with Crippen LogP contribution in [0, 0.1) is 17.1 Å². The van der Waals surface area contributed by atoms with E-state index in [4.69, 9.17) is 24.7 Å². The van der Waals surface area contributed by atoms with Crippen LogP contribution in [0.3, 0.4) is 0 Å². The molecule has 0 spiro atoms. The molecule has 0 saturated carbocycles. The quantitative estimate of drug-likeness (QED) is 0.184. The maximum atomic E-state index is 14.1. The van der Waals surface area contributed by atoms with E-state index in [-0.39, 0.29) is 29.6 Å². The second-order valence-electron chi connectivity index (χ2n) is 9.34. The number of halogens is 1. The zero-order valence-corrected chi connectivity index (χ0v) is 22.3. The fourth-order valence-electron chi connectivity index (χ4n) is 4.50. The van der Waals surface area contributed by atoms with Crippen molar-refractivity contribution in [3.63, 3.8) is 0 Å². The molecule has 7 nitrogen and oxygen atoms in total. The molecule has 1 aliphatic rings. The lowest BCUT2D eigenvalue weighted by Gasteiger charge is -2.27. The minimum absolute atomic E-state index is 0.0476. The highest BCUT2D eigenvalue weighted by molar-refractivity contribution is 5.91. The minimum Gasteiger partial charge on any atom is -0.494 e. The zero-order chi connectivity index (χ0) is 28.8. The highest BCUT2D eigenvalue weighted by atomic mass is 19.1. The number of hydrogen-bond donors (Lipinski definition) is 1. The van der Waals surface area contributed by atoms with Crippen molar-refractivity contribution in [2.45, 2.75) is 25.9 Å². The van der Waals surface area contributed by atoms with Gasteiger partial charge in [-0.25, -0.2) is 9.18 Å². The summed E-state index contributed by atoms with van der Waals surface area (Å²) >= 11 is 0. The lowest BCUT2D eigenvalue weighted by molar-refractivity contribution is 0.0734. The summed E-state index contributed by atoms with van der Waals surface area (Å²) in [6, 6.07) is 27.5. The minimum atomic E-state index is -0.557. The molecular weight excluding hydrogens is 523 g/mol. The Morgan fingerprint density at radius 2 is 1.73 bits per heavy atom. The van der Waals surface area contributed by atoms with E-state index in [1.807, 2.05) is 13.0 Å². The summed E-state index contributed by atoms with van der Waals surface area (Å²) in [6.07, 6.45) is 0.848.